The molecular formula is C13H10FN3OS. The molecule has 0 aliphatic rings. The third-order valence-electron chi connectivity index (χ3n) is 2.74. The monoisotopic (exact) mass is 275 g/mol. The number of nitrogens with one attached hydrogen (secondary N) is 1. The molecule has 4 nitrogen and oxygen atoms in total. The van der Waals surface area contributed by atoms with Crippen LogP contribution in [0, 0.1) is 5.82 Å². The molecule has 0 saturated heterocycles. The number of amides is 1. The van der Waals surface area contributed by atoms with Crippen LogP contribution in [0.1, 0.15) is 10.5 Å². The SMILES string of the molecule is CNC(=O)c1cn2cc(-c3ccc(F)cc3)sc2n1. The molecule has 0 saturated carbocycles. The molecule has 2 heterocycles. The number of hydrogen-bond acceptors (Lipinski definition) is 3. The topological polar surface area (TPSA) is 46.4 Å². The first-order chi connectivity index (χ1) is 9.17. The first-order valence-electron chi connectivity index (χ1n) is 5.64. The van der Waals surface area contributed by atoms with Crippen molar-refractivity contribution in [1.29, 1.82) is 0 Å². The zero-order valence-corrected chi connectivity index (χ0v) is 10.9. The zero-order chi connectivity index (χ0) is 13.4. The normalized spacial score (nSPS) is 10.8. The summed E-state index contributed by atoms with van der Waals surface area (Å²) in [5.74, 6) is -0.466. The molecule has 1 aromatic carbocycles. The van der Waals surface area contributed by atoms with Crippen molar-refractivity contribution in [1.82, 2.24) is 14.7 Å². The maximum absolute atomic E-state index is 12.9. The van der Waals surface area contributed by atoms with E-state index in [1.54, 1.807) is 29.8 Å². The highest BCUT2D eigenvalue weighted by Gasteiger charge is 2.12. The molecule has 0 radical (unpaired) electrons. The molecule has 0 aliphatic carbocycles. The van der Waals surface area contributed by atoms with Gasteiger partial charge in [0.05, 0.1) is 4.88 Å². The number of hydrogen-bond donors (Lipinski definition) is 1. The first kappa shape index (κ1) is 11.9. The van der Waals surface area contributed by atoms with Gasteiger partial charge in [-0.3, -0.25) is 9.20 Å². The van der Waals surface area contributed by atoms with E-state index in [4.69, 9.17) is 0 Å². The molecule has 2 aromatic heterocycles. The predicted octanol–water partition coefficient (Wildman–Crippen LogP) is 2.56. The van der Waals surface area contributed by atoms with Crippen molar-refractivity contribution in [2.24, 2.45) is 0 Å². The van der Waals surface area contributed by atoms with Crippen LogP contribution in [0.3, 0.4) is 0 Å². The number of benzene rings is 1. The van der Waals surface area contributed by atoms with Crippen molar-refractivity contribution in [3.8, 4) is 10.4 Å². The van der Waals surface area contributed by atoms with E-state index < -0.39 is 0 Å². The van der Waals surface area contributed by atoms with Crippen LogP contribution in [0.2, 0.25) is 0 Å². The minimum absolute atomic E-state index is 0.209. The van der Waals surface area contributed by atoms with Gasteiger partial charge in [0.25, 0.3) is 5.91 Å². The second-order valence-corrected chi connectivity index (χ2v) is 5.01. The summed E-state index contributed by atoms with van der Waals surface area (Å²) in [4.78, 5) is 17.4. The van der Waals surface area contributed by atoms with Crippen molar-refractivity contribution in [3.05, 3.63) is 48.2 Å². The summed E-state index contributed by atoms with van der Waals surface area (Å²) in [6.07, 6.45) is 3.56. The lowest BCUT2D eigenvalue weighted by molar-refractivity contribution is 0.0959. The Bertz CT molecular complexity index is 713. The van der Waals surface area contributed by atoms with E-state index >= 15 is 0 Å². The molecule has 96 valence electrons. The van der Waals surface area contributed by atoms with Gasteiger partial charge >= 0.3 is 0 Å². The highest BCUT2D eigenvalue weighted by atomic mass is 32.1. The van der Waals surface area contributed by atoms with Crippen molar-refractivity contribution in [2.75, 3.05) is 7.05 Å². The fourth-order valence-corrected chi connectivity index (χ4v) is 2.75. The highest BCUT2D eigenvalue weighted by Crippen LogP contribution is 2.28. The largest absolute Gasteiger partial charge is 0.354 e. The molecule has 3 aromatic rings. The molecule has 6 heteroatoms. The molecule has 19 heavy (non-hydrogen) atoms. The van der Waals surface area contributed by atoms with Crippen molar-refractivity contribution in [2.45, 2.75) is 0 Å². The molecule has 3 rings (SSSR count). The third kappa shape index (κ3) is 2.10. The van der Waals surface area contributed by atoms with Crippen LogP contribution in [0.4, 0.5) is 4.39 Å². The van der Waals surface area contributed by atoms with Gasteiger partial charge in [-0.1, -0.05) is 23.5 Å². The Balaban J connectivity index is 2.01. The number of thiazole rings is 1. The van der Waals surface area contributed by atoms with Gasteiger partial charge in [0.15, 0.2) is 4.96 Å². The van der Waals surface area contributed by atoms with Crippen LogP contribution in [0.25, 0.3) is 15.4 Å². The lowest BCUT2D eigenvalue weighted by Gasteiger charge is -1.95. The molecule has 1 amide bonds. The van der Waals surface area contributed by atoms with Gasteiger partial charge in [0.1, 0.15) is 11.5 Å². The number of fused-ring (bicyclic) bond motifs is 1. The van der Waals surface area contributed by atoms with Crippen LogP contribution in [0.15, 0.2) is 36.7 Å². The van der Waals surface area contributed by atoms with Crippen molar-refractivity contribution < 1.29 is 9.18 Å². The Morgan fingerprint density at radius 1 is 1.32 bits per heavy atom. The van der Waals surface area contributed by atoms with E-state index in [1.807, 2.05) is 6.20 Å². The van der Waals surface area contributed by atoms with E-state index in [1.165, 1.54) is 23.5 Å². The van der Waals surface area contributed by atoms with Gasteiger partial charge in [-0.25, -0.2) is 9.37 Å². The summed E-state index contributed by atoms with van der Waals surface area (Å²) in [7, 11) is 1.57. The Morgan fingerprint density at radius 2 is 2.05 bits per heavy atom. The lowest BCUT2D eigenvalue weighted by Crippen LogP contribution is -2.17. The molecular weight excluding hydrogens is 265 g/mol. The van der Waals surface area contributed by atoms with Crippen LogP contribution in [-0.2, 0) is 0 Å². The Morgan fingerprint density at radius 3 is 2.68 bits per heavy atom. The smallest absolute Gasteiger partial charge is 0.271 e. The summed E-state index contributed by atoms with van der Waals surface area (Å²) >= 11 is 1.45. The average molecular weight is 275 g/mol. The number of rotatable bonds is 2. The number of imidazole rings is 1. The summed E-state index contributed by atoms with van der Waals surface area (Å²) in [5, 5.41) is 2.53. The lowest BCUT2D eigenvalue weighted by atomic mass is 10.2. The van der Waals surface area contributed by atoms with E-state index in [9.17, 15) is 9.18 Å². The number of carbonyl (C=O) groups excluding carboxylic acids is 1. The quantitative estimate of drug-likeness (QED) is 0.781. The van der Waals surface area contributed by atoms with Crippen LogP contribution in [0.5, 0.6) is 0 Å². The zero-order valence-electron chi connectivity index (χ0n) is 10.1. The fourth-order valence-electron chi connectivity index (χ4n) is 1.78. The maximum atomic E-state index is 12.9. The number of halogens is 1. The Hall–Kier alpha value is -2.21. The predicted molar refractivity (Wildman–Crippen MR) is 71.9 cm³/mol. The van der Waals surface area contributed by atoms with Gasteiger partial charge in [-0.15, -0.1) is 0 Å². The van der Waals surface area contributed by atoms with Gasteiger partial charge < -0.3 is 5.32 Å². The second-order valence-electron chi connectivity index (χ2n) is 4.00. The maximum Gasteiger partial charge on any atom is 0.271 e. The minimum atomic E-state index is -0.257. The molecule has 0 atom stereocenters. The van der Waals surface area contributed by atoms with Crippen LogP contribution in [-0.4, -0.2) is 22.3 Å². The van der Waals surface area contributed by atoms with Crippen LogP contribution < -0.4 is 5.32 Å². The van der Waals surface area contributed by atoms with Crippen LogP contribution >= 0.6 is 11.3 Å². The fraction of sp³-hybridized carbons (Fsp3) is 0.0769. The van der Waals surface area contributed by atoms with Gasteiger partial charge in [-0.05, 0) is 17.7 Å². The van der Waals surface area contributed by atoms with Gasteiger partial charge in [-0.2, -0.15) is 0 Å². The average Bonchev–Trinajstić information content (AvgIpc) is 2.97. The summed E-state index contributed by atoms with van der Waals surface area (Å²) in [5.41, 5.74) is 1.32. The molecule has 0 unspecified atom stereocenters. The molecule has 0 bridgehead atoms. The molecule has 1 N–H and O–H groups in total. The Labute approximate surface area is 112 Å². The number of carbonyl (C=O) groups is 1. The molecule has 0 aliphatic heterocycles. The summed E-state index contributed by atoms with van der Waals surface area (Å²) in [6.45, 7) is 0. The molecule has 0 fully saturated rings. The van der Waals surface area contributed by atoms with Gasteiger partial charge in [0, 0.05) is 19.4 Å². The number of nitrogens with zero attached hydrogens (tertiary/aromatic N) is 2. The Kier molecular flexibility index (Phi) is 2.79. The van der Waals surface area contributed by atoms with Crippen molar-refractivity contribution in [3.63, 3.8) is 0 Å². The first-order valence-corrected chi connectivity index (χ1v) is 6.45. The third-order valence-corrected chi connectivity index (χ3v) is 3.79. The minimum Gasteiger partial charge on any atom is -0.354 e. The van der Waals surface area contributed by atoms with Gasteiger partial charge in [0.2, 0.25) is 0 Å². The van der Waals surface area contributed by atoms with Crippen molar-refractivity contribution >= 4 is 22.2 Å². The van der Waals surface area contributed by atoms with E-state index in [0.29, 0.717) is 5.69 Å². The number of aromatic nitrogens is 2. The second kappa shape index (κ2) is 4.47. The summed E-state index contributed by atoms with van der Waals surface area (Å²) in [6, 6.07) is 6.29. The molecule has 0 spiro atoms. The highest BCUT2D eigenvalue weighted by molar-refractivity contribution is 7.20. The van der Waals surface area contributed by atoms with E-state index in [0.717, 1.165) is 15.4 Å². The van der Waals surface area contributed by atoms with E-state index in [2.05, 4.69) is 10.3 Å². The summed E-state index contributed by atoms with van der Waals surface area (Å²) < 4.78 is 14.7. The van der Waals surface area contributed by atoms with E-state index in [-0.39, 0.29) is 11.7 Å². The standard InChI is InChI=1S/C13H10FN3OS/c1-15-12(18)10-6-17-7-11(19-13(17)16-10)8-2-4-9(14)5-3-8/h2-7H,1H3,(H,15,18).